The second-order valence-corrected chi connectivity index (χ2v) is 4.87. The van der Waals surface area contributed by atoms with Gasteiger partial charge in [0.05, 0.1) is 5.69 Å². The molecule has 5 nitrogen and oxygen atoms in total. The summed E-state index contributed by atoms with van der Waals surface area (Å²) in [7, 11) is 0. The van der Waals surface area contributed by atoms with Crippen LogP contribution in [-0.2, 0) is 4.79 Å². The van der Waals surface area contributed by atoms with E-state index in [2.05, 4.69) is 16.0 Å². The Labute approximate surface area is 116 Å². The normalized spacial score (nSPS) is 18.9. The molecule has 1 aliphatic heterocycles. The molecule has 2 rings (SSSR count). The van der Waals surface area contributed by atoms with Crippen molar-refractivity contribution in [1.29, 1.82) is 0 Å². The van der Waals surface area contributed by atoms with Crippen LogP contribution in [0.25, 0.3) is 0 Å². The third-order valence-corrected chi connectivity index (χ3v) is 3.28. The van der Waals surface area contributed by atoms with Crippen molar-refractivity contribution in [3.05, 3.63) is 29.6 Å². The molecule has 1 aromatic rings. The van der Waals surface area contributed by atoms with Gasteiger partial charge in [-0.05, 0) is 37.8 Å². The van der Waals surface area contributed by atoms with Crippen LogP contribution < -0.4 is 16.0 Å². The van der Waals surface area contributed by atoms with E-state index < -0.39 is 17.9 Å². The molecule has 1 aromatic carbocycles. The van der Waals surface area contributed by atoms with E-state index >= 15 is 0 Å². The van der Waals surface area contributed by atoms with Crippen LogP contribution in [0, 0.1) is 12.7 Å². The highest BCUT2D eigenvalue weighted by atomic mass is 19.1. The number of aryl methyl sites for hydroxylation is 1. The summed E-state index contributed by atoms with van der Waals surface area (Å²) in [4.78, 5) is 23.5. The number of hydrogen-bond donors (Lipinski definition) is 3. The predicted molar refractivity (Wildman–Crippen MR) is 73.9 cm³/mol. The number of amides is 3. The molecule has 1 saturated heterocycles. The van der Waals surface area contributed by atoms with Crippen molar-refractivity contribution in [1.82, 2.24) is 10.6 Å². The molecule has 108 valence electrons. The van der Waals surface area contributed by atoms with Gasteiger partial charge in [0.25, 0.3) is 0 Å². The lowest BCUT2D eigenvalue weighted by molar-refractivity contribution is -0.122. The molecule has 0 aliphatic carbocycles. The fourth-order valence-electron chi connectivity index (χ4n) is 2.14. The predicted octanol–water partition coefficient (Wildman–Crippen LogP) is 1.92. The zero-order valence-electron chi connectivity index (χ0n) is 11.3. The van der Waals surface area contributed by atoms with Gasteiger partial charge in [-0.2, -0.15) is 0 Å². The number of nitrogens with one attached hydrogen (secondary N) is 3. The van der Waals surface area contributed by atoms with Gasteiger partial charge in [-0.25, -0.2) is 9.18 Å². The third kappa shape index (κ3) is 3.46. The minimum Gasteiger partial charge on any atom is -0.354 e. The minimum atomic E-state index is -0.573. The Kier molecular flexibility index (Phi) is 4.55. The maximum absolute atomic E-state index is 13.8. The summed E-state index contributed by atoms with van der Waals surface area (Å²) in [6, 6.07) is 3.63. The molecule has 20 heavy (non-hydrogen) atoms. The second-order valence-electron chi connectivity index (χ2n) is 4.87. The lowest BCUT2D eigenvalue weighted by Gasteiger charge is -2.16. The number of carbonyl (C=O) groups is 2. The highest BCUT2D eigenvalue weighted by Gasteiger charge is 2.22. The molecule has 0 aromatic heterocycles. The number of benzene rings is 1. The van der Waals surface area contributed by atoms with Crippen molar-refractivity contribution < 1.29 is 14.0 Å². The van der Waals surface area contributed by atoms with Gasteiger partial charge in [0.2, 0.25) is 5.91 Å². The zero-order chi connectivity index (χ0) is 14.5. The van der Waals surface area contributed by atoms with Crippen LogP contribution in [0.15, 0.2) is 18.2 Å². The highest BCUT2D eigenvalue weighted by Crippen LogP contribution is 2.17. The molecule has 0 bridgehead atoms. The van der Waals surface area contributed by atoms with E-state index in [1.54, 1.807) is 19.1 Å². The first-order chi connectivity index (χ1) is 9.58. The largest absolute Gasteiger partial charge is 0.354 e. The second kappa shape index (κ2) is 6.36. The van der Waals surface area contributed by atoms with Gasteiger partial charge < -0.3 is 16.0 Å². The molecule has 1 atom stereocenters. The summed E-state index contributed by atoms with van der Waals surface area (Å²) in [6.45, 7) is 2.25. The summed E-state index contributed by atoms with van der Waals surface area (Å²) >= 11 is 0. The number of hydrogen-bond acceptors (Lipinski definition) is 2. The first-order valence-corrected chi connectivity index (χ1v) is 6.68. The van der Waals surface area contributed by atoms with Crippen molar-refractivity contribution in [2.24, 2.45) is 0 Å². The molecule has 0 spiro atoms. The number of anilines is 1. The van der Waals surface area contributed by atoms with Gasteiger partial charge in [0.15, 0.2) is 0 Å². The van der Waals surface area contributed by atoms with E-state index in [1.165, 1.54) is 6.07 Å². The zero-order valence-corrected chi connectivity index (χ0v) is 11.3. The van der Waals surface area contributed by atoms with Crippen molar-refractivity contribution >= 4 is 17.6 Å². The van der Waals surface area contributed by atoms with Crippen LogP contribution >= 0.6 is 0 Å². The lowest BCUT2D eigenvalue weighted by Crippen LogP contribution is -2.47. The molecule has 0 saturated carbocycles. The molecule has 3 N–H and O–H groups in total. The highest BCUT2D eigenvalue weighted by molar-refractivity contribution is 5.93. The maximum atomic E-state index is 13.8. The van der Waals surface area contributed by atoms with E-state index in [0.717, 1.165) is 12.8 Å². The Hall–Kier alpha value is -2.11. The molecule has 1 heterocycles. The van der Waals surface area contributed by atoms with E-state index in [4.69, 9.17) is 0 Å². The Bertz CT molecular complexity index is 519. The van der Waals surface area contributed by atoms with Crippen molar-refractivity contribution in [3.8, 4) is 0 Å². The van der Waals surface area contributed by atoms with Crippen molar-refractivity contribution in [3.63, 3.8) is 0 Å². The van der Waals surface area contributed by atoms with Crippen LogP contribution in [0.2, 0.25) is 0 Å². The fraction of sp³-hybridized carbons (Fsp3) is 0.429. The van der Waals surface area contributed by atoms with Crippen molar-refractivity contribution in [2.75, 3.05) is 11.9 Å². The smallest absolute Gasteiger partial charge is 0.319 e. The summed E-state index contributed by atoms with van der Waals surface area (Å²) in [5.74, 6) is -0.657. The Balaban J connectivity index is 1.98. The molecule has 6 heteroatoms. The summed E-state index contributed by atoms with van der Waals surface area (Å²) in [5.41, 5.74) is 0.562. The summed E-state index contributed by atoms with van der Waals surface area (Å²) < 4.78 is 13.8. The lowest BCUT2D eigenvalue weighted by atomic mass is 10.1. The van der Waals surface area contributed by atoms with Crippen LogP contribution in [0.3, 0.4) is 0 Å². The Morgan fingerprint density at radius 3 is 3.00 bits per heavy atom. The van der Waals surface area contributed by atoms with Crippen LogP contribution in [0.4, 0.5) is 14.9 Å². The topological polar surface area (TPSA) is 70.2 Å². The van der Waals surface area contributed by atoms with Crippen LogP contribution in [0.5, 0.6) is 0 Å². The third-order valence-electron chi connectivity index (χ3n) is 3.28. The standard InChI is InChI=1S/C14H18FN3O2/c1-9-5-4-7-10(12(9)15)17-14(20)18-11-6-2-3-8-16-13(11)19/h4-5,7,11H,2-3,6,8H2,1H3,(H,16,19)(H2,17,18,20)/t11-/m1/s1. The Morgan fingerprint density at radius 1 is 1.40 bits per heavy atom. The summed E-state index contributed by atoms with van der Waals surface area (Å²) in [6.07, 6.45) is 2.36. The average Bonchev–Trinajstić information content (AvgIpc) is 2.61. The van der Waals surface area contributed by atoms with Gasteiger partial charge in [-0.15, -0.1) is 0 Å². The molecule has 3 amide bonds. The van der Waals surface area contributed by atoms with Gasteiger partial charge in [-0.1, -0.05) is 12.1 Å². The molecular weight excluding hydrogens is 261 g/mol. The van der Waals surface area contributed by atoms with E-state index in [-0.39, 0.29) is 11.6 Å². The monoisotopic (exact) mass is 279 g/mol. The number of halogens is 1. The quantitative estimate of drug-likeness (QED) is 0.774. The molecule has 0 unspecified atom stereocenters. The maximum Gasteiger partial charge on any atom is 0.319 e. The Morgan fingerprint density at radius 2 is 2.20 bits per heavy atom. The van der Waals surface area contributed by atoms with Gasteiger partial charge >= 0.3 is 6.03 Å². The number of urea groups is 1. The van der Waals surface area contributed by atoms with E-state index in [0.29, 0.717) is 18.5 Å². The molecular formula is C14H18FN3O2. The molecule has 1 aliphatic rings. The minimum absolute atomic E-state index is 0.108. The first kappa shape index (κ1) is 14.3. The number of carbonyl (C=O) groups excluding carboxylic acids is 2. The van der Waals surface area contributed by atoms with E-state index in [9.17, 15) is 14.0 Å². The molecule has 1 fully saturated rings. The van der Waals surface area contributed by atoms with E-state index in [1.807, 2.05) is 0 Å². The SMILES string of the molecule is Cc1cccc(NC(=O)N[C@@H]2CCCCNC2=O)c1F. The summed E-state index contributed by atoms with van der Waals surface area (Å²) in [5, 5.41) is 7.74. The molecule has 0 radical (unpaired) electrons. The van der Waals surface area contributed by atoms with Crippen molar-refractivity contribution in [2.45, 2.75) is 32.2 Å². The average molecular weight is 279 g/mol. The first-order valence-electron chi connectivity index (χ1n) is 6.68. The van der Waals surface area contributed by atoms with Crippen LogP contribution in [0.1, 0.15) is 24.8 Å². The fourth-order valence-corrected chi connectivity index (χ4v) is 2.14. The van der Waals surface area contributed by atoms with Gasteiger partial charge in [-0.3, -0.25) is 4.79 Å². The number of rotatable bonds is 2. The van der Waals surface area contributed by atoms with Gasteiger partial charge in [0, 0.05) is 6.54 Å². The van der Waals surface area contributed by atoms with Crippen LogP contribution in [-0.4, -0.2) is 24.5 Å². The van der Waals surface area contributed by atoms with Gasteiger partial charge in [0.1, 0.15) is 11.9 Å².